The van der Waals surface area contributed by atoms with Crippen molar-refractivity contribution in [3.05, 3.63) is 71.3 Å². The zero-order valence-electron chi connectivity index (χ0n) is 17.5. The molecule has 7 nitrogen and oxygen atoms in total. The molecule has 1 aromatic heterocycles. The second-order valence-electron chi connectivity index (χ2n) is 7.15. The summed E-state index contributed by atoms with van der Waals surface area (Å²) in [6, 6.07) is 15.7. The Labute approximate surface area is 182 Å². The molecule has 0 fully saturated rings. The molecule has 0 radical (unpaired) electrons. The molecule has 8 heteroatoms. The van der Waals surface area contributed by atoms with Gasteiger partial charge in [-0.1, -0.05) is 23.7 Å². The molecule has 3 aromatic rings. The van der Waals surface area contributed by atoms with Crippen LogP contribution in [0.25, 0.3) is 0 Å². The molecule has 0 atom stereocenters. The number of aryl methyl sites for hydroxylation is 1. The SMILES string of the molecule is CC(C)Oc1ccc(NC(=NCc2nncn2C)NCCc2cccc(Cl)c2)cc1. The lowest BCUT2D eigenvalue weighted by atomic mass is 10.1. The second-order valence-corrected chi connectivity index (χ2v) is 7.58. The maximum absolute atomic E-state index is 6.08. The van der Waals surface area contributed by atoms with Gasteiger partial charge in [-0.2, -0.15) is 0 Å². The van der Waals surface area contributed by atoms with E-state index >= 15 is 0 Å². The fourth-order valence-electron chi connectivity index (χ4n) is 2.78. The summed E-state index contributed by atoms with van der Waals surface area (Å²) in [7, 11) is 1.90. The van der Waals surface area contributed by atoms with E-state index in [0.29, 0.717) is 19.0 Å². The van der Waals surface area contributed by atoms with Crippen LogP contribution in [0.15, 0.2) is 59.9 Å². The minimum absolute atomic E-state index is 0.139. The maximum atomic E-state index is 6.08. The zero-order chi connectivity index (χ0) is 21.3. The molecular weight excluding hydrogens is 400 g/mol. The number of guanidine groups is 1. The van der Waals surface area contributed by atoms with Gasteiger partial charge in [0.25, 0.3) is 0 Å². The average molecular weight is 427 g/mol. The Balaban J connectivity index is 1.66. The van der Waals surface area contributed by atoms with E-state index in [4.69, 9.17) is 16.3 Å². The number of hydrogen-bond donors (Lipinski definition) is 2. The Morgan fingerprint density at radius 2 is 2.00 bits per heavy atom. The van der Waals surface area contributed by atoms with Crippen LogP contribution in [0.4, 0.5) is 5.69 Å². The summed E-state index contributed by atoms with van der Waals surface area (Å²) < 4.78 is 7.56. The van der Waals surface area contributed by atoms with Gasteiger partial charge in [-0.15, -0.1) is 10.2 Å². The fourth-order valence-corrected chi connectivity index (χ4v) is 3.00. The highest BCUT2D eigenvalue weighted by Crippen LogP contribution is 2.17. The molecule has 3 rings (SSSR count). The summed E-state index contributed by atoms with van der Waals surface area (Å²) in [5.74, 6) is 2.28. The van der Waals surface area contributed by atoms with Crippen molar-refractivity contribution in [1.82, 2.24) is 20.1 Å². The molecule has 0 spiro atoms. The Morgan fingerprint density at radius 1 is 1.20 bits per heavy atom. The first-order chi connectivity index (χ1) is 14.5. The van der Waals surface area contributed by atoms with Gasteiger partial charge >= 0.3 is 0 Å². The van der Waals surface area contributed by atoms with Gasteiger partial charge in [-0.25, -0.2) is 4.99 Å². The topological polar surface area (TPSA) is 76.4 Å². The van der Waals surface area contributed by atoms with Crippen LogP contribution in [0.1, 0.15) is 25.2 Å². The highest BCUT2D eigenvalue weighted by Gasteiger charge is 2.05. The van der Waals surface area contributed by atoms with Crippen molar-refractivity contribution in [2.75, 3.05) is 11.9 Å². The van der Waals surface area contributed by atoms with E-state index in [9.17, 15) is 0 Å². The van der Waals surface area contributed by atoms with E-state index in [0.717, 1.165) is 34.3 Å². The van der Waals surface area contributed by atoms with Crippen molar-refractivity contribution in [2.24, 2.45) is 12.0 Å². The number of aliphatic imine (C=N–C) groups is 1. The van der Waals surface area contributed by atoms with Crippen molar-refractivity contribution < 1.29 is 4.74 Å². The van der Waals surface area contributed by atoms with E-state index in [1.54, 1.807) is 6.33 Å². The summed E-state index contributed by atoms with van der Waals surface area (Å²) in [5.41, 5.74) is 2.08. The zero-order valence-corrected chi connectivity index (χ0v) is 18.2. The van der Waals surface area contributed by atoms with Crippen LogP contribution in [0.2, 0.25) is 5.02 Å². The van der Waals surface area contributed by atoms with E-state index in [1.165, 1.54) is 0 Å². The third-order valence-electron chi connectivity index (χ3n) is 4.27. The third kappa shape index (κ3) is 6.77. The van der Waals surface area contributed by atoms with Gasteiger partial charge in [0.1, 0.15) is 18.6 Å². The first-order valence-electron chi connectivity index (χ1n) is 9.89. The van der Waals surface area contributed by atoms with Crippen LogP contribution < -0.4 is 15.4 Å². The van der Waals surface area contributed by atoms with Gasteiger partial charge in [0.05, 0.1) is 6.10 Å². The van der Waals surface area contributed by atoms with Crippen LogP contribution in [0, 0.1) is 0 Å². The monoisotopic (exact) mass is 426 g/mol. The smallest absolute Gasteiger partial charge is 0.196 e. The van der Waals surface area contributed by atoms with Crippen LogP contribution in [0.3, 0.4) is 0 Å². The Hall–Kier alpha value is -3.06. The third-order valence-corrected chi connectivity index (χ3v) is 4.50. The maximum Gasteiger partial charge on any atom is 0.196 e. The van der Waals surface area contributed by atoms with E-state index in [-0.39, 0.29) is 6.10 Å². The van der Waals surface area contributed by atoms with Crippen LogP contribution in [-0.4, -0.2) is 33.4 Å². The molecular formula is C22H27ClN6O. The van der Waals surface area contributed by atoms with Gasteiger partial charge in [-0.3, -0.25) is 0 Å². The van der Waals surface area contributed by atoms with Crippen LogP contribution in [0.5, 0.6) is 5.75 Å². The van der Waals surface area contributed by atoms with E-state index < -0.39 is 0 Å². The predicted molar refractivity (Wildman–Crippen MR) is 121 cm³/mol. The predicted octanol–water partition coefficient (Wildman–Crippen LogP) is 4.06. The van der Waals surface area contributed by atoms with E-state index in [2.05, 4.69) is 31.9 Å². The lowest BCUT2D eigenvalue weighted by Crippen LogP contribution is -2.32. The molecule has 2 N–H and O–H groups in total. The molecule has 0 unspecified atom stereocenters. The first kappa shape index (κ1) is 21.6. The Bertz CT molecular complexity index is 968. The van der Waals surface area contributed by atoms with Crippen molar-refractivity contribution >= 4 is 23.2 Å². The van der Waals surface area contributed by atoms with Gasteiger partial charge in [0, 0.05) is 24.3 Å². The molecule has 30 heavy (non-hydrogen) atoms. The summed E-state index contributed by atoms with van der Waals surface area (Å²) in [4.78, 5) is 4.66. The van der Waals surface area contributed by atoms with Crippen molar-refractivity contribution in [2.45, 2.75) is 32.9 Å². The van der Waals surface area contributed by atoms with E-state index in [1.807, 2.05) is 67.9 Å². The Kier molecular flexibility index (Phi) is 7.68. The molecule has 0 bridgehead atoms. The number of aromatic nitrogens is 3. The molecule has 0 aliphatic heterocycles. The number of rotatable bonds is 8. The average Bonchev–Trinajstić information content (AvgIpc) is 3.12. The quantitative estimate of drug-likeness (QED) is 0.419. The van der Waals surface area contributed by atoms with Crippen molar-refractivity contribution in [3.8, 4) is 5.75 Å². The Morgan fingerprint density at radius 3 is 2.67 bits per heavy atom. The van der Waals surface area contributed by atoms with Crippen molar-refractivity contribution in [1.29, 1.82) is 0 Å². The number of halogens is 1. The standard InChI is InChI=1S/C22H27ClN6O/c1-16(2)30-20-9-7-19(8-10-20)27-22(25-14-21-28-26-15-29(21)3)24-12-11-17-5-4-6-18(23)13-17/h4-10,13,15-16H,11-12,14H2,1-3H3,(H2,24,25,27). The van der Waals surface area contributed by atoms with Gasteiger partial charge < -0.3 is 19.9 Å². The summed E-state index contributed by atoms with van der Waals surface area (Å²) in [5, 5.41) is 15.4. The number of anilines is 1. The molecule has 0 aliphatic rings. The number of nitrogens with one attached hydrogen (secondary N) is 2. The van der Waals surface area contributed by atoms with Gasteiger partial charge in [0.15, 0.2) is 11.8 Å². The highest BCUT2D eigenvalue weighted by molar-refractivity contribution is 6.30. The minimum atomic E-state index is 0.139. The molecule has 0 saturated carbocycles. The number of hydrogen-bond acceptors (Lipinski definition) is 4. The molecule has 158 valence electrons. The number of nitrogens with zero attached hydrogens (tertiary/aromatic N) is 4. The van der Waals surface area contributed by atoms with Crippen LogP contribution >= 0.6 is 11.6 Å². The normalized spacial score (nSPS) is 11.6. The minimum Gasteiger partial charge on any atom is -0.491 e. The molecule has 0 saturated heterocycles. The second kappa shape index (κ2) is 10.6. The molecule has 0 aliphatic carbocycles. The highest BCUT2D eigenvalue weighted by atomic mass is 35.5. The number of ether oxygens (including phenoxy) is 1. The summed E-state index contributed by atoms with van der Waals surface area (Å²) in [6.45, 7) is 5.14. The fraction of sp³-hybridized carbons (Fsp3) is 0.318. The lowest BCUT2D eigenvalue weighted by molar-refractivity contribution is 0.242. The number of benzene rings is 2. The van der Waals surface area contributed by atoms with Gasteiger partial charge in [-0.05, 0) is 62.2 Å². The van der Waals surface area contributed by atoms with Gasteiger partial charge in [0.2, 0.25) is 0 Å². The molecule has 2 aromatic carbocycles. The molecule has 0 amide bonds. The first-order valence-corrected chi connectivity index (χ1v) is 10.3. The van der Waals surface area contributed by atoms with Crippen LogP contribution in [-0.2, 0) is 20.0 Å². The molecule has 1 heterocycles. The summed E-state index contributed by atoms with van der Waals surface area (Å²) >= 11 is 6.08. The lowest BCUT2D eigenvalue weighted by Gasteiger charge is -2.14. The summed E-state index contributed by atoms with van der Waals surface area (Å²) in [6.07, 6.45) is 2.63. The van der Waals surface area contributed by atoms with Crippen molar-refractivity contribution in [3.63, 3.8) is 0 Å². The largest absolute Gasteiger partial charge is 0.491 e.